The Kier molecular flexibility index (Phi) is 3.57. The number of aromatic nitrogens is 4. The van der Waals surface area contributed by atoms with Crippen LogP contribution in [0, 0.1) is 12.7 Å². The SMILES string of the molecule is Cc1ccnc2c(F)cc(-c3nnc(N)nc3-c3ccccc3)cc12. The molecule has 2 heterocycles. The van der Waals surface area contributed by atoms with Crippen LogP contribution >= 0.6 is 0 Å². The number of rotatable bonds is 2. The number of benzene rings is 2. The minimum Gasteiger partial charge on any atom is -0.366 e. The van der Waals surface area contributed by atoms with Crippen LogP contribution in [0.4, 0.5) is 10.3 Å². The van der Waals surface area contributed by atoms with Gasteiger partial charge in [-0.15, -0.1) is 10.2 Å². The first kappa shape index (κ1) is 15.1. The summed E-state index contributed by atoms with van der Waals surface area (Å²) in [5.74, 6) is -0.337. The van der Waals surface area contributed by atoms with E-state index in [-0.39, 0.29) is 5.95 Å². The van der Waals surface area contributed by atoms with E-state index >= 15 is 0 Å². The smallest absolute Gasteiger partial charge is 0.240 e. The number of nitrogen functional groups attached to an aromatic ring is 1. The van der Waals surface area contributed by atoms with E-state index in [0.717, 1.165) is 16.5 Å². The quantitative estimate of drug-likeness (QED) is 0.605. The Balaban J connectivity index is 2.00. The number of hydrogen-bond donors (Lipinski definition) is 1. The maximum Gasteiger partial charge on any atom is 0.240 e. The van der Waals surface area contributed by atoms with Crippen molar-refractivity contribution >= 4 is 16.9 Å². The summed E-state index contributed by atoms with van der Waals surface area (Å²) in [6.45, 7) is 1.91. The van der Waals surface area contributed by atoms with Crippen LogP contribution in [0.3, 0.4) is 0 Å². The Bertz CT molecular complexity index is 1080. The average molecular weight is 331 g/mol. The maximum absolute atomic E-state index is 14.6. The lowest BCUT2D eigenvalue weighted by molar-refractivity contribution is 0.637. The molecule has 2 aromatic heterocycles. The second-order valence-corrected chi connectivity index (χ2v) is 5.72. The van der Waals surface area contributed by atoms with Gasteiger partial charge in [0.1, 0.15) is 22.7 Å². The van der Waals surface area contributed by atoms with Crippen LogP contribution in [-0.4, -0.2) is 20.2 Å². The van der Waals surface area contributed by atoms with E-state index in [9.17, 15) is 4.39 Å². The third-order valence-electron chi connectivity index (χ3n) is 4.04. The van der Waals surface area contributed by atoms with Gasteiger partial charge in [0.15, 0.2) is 0 Å². The van der Waals surface area contributed by atoms with Crippen LogP contribution in [-0.2, 0) is 0 Å². The Morgan fingerprint density at radius 1 is 0.920 bits per heavy atom. The van der Waals surface area contributed by atoms with Crippen molar-refractivity contribution in [3.63, 3.8) is 0 Å². The molecule has 0 aliphatic carbocycles. The predicted octanol–water partition coefficient (Wildman–Crippen LogP) is 3.78. The van der Waals surface area contributed by atoms with Crippen LogP contribution in [0.15, 0.2) is 54.7 Å². The summed E-state index contributed by atoms with van der Waals surface area (Å²) in [4.78, 5) is 8.44. The Hall–Kier alpha value is -3.41. The number of pyridine rings is 1. The molecule has 2 aromatic carbocycles. The molecule has 4 aromatic rings. The molecule has 0 fully saturated rings. The zero-order chi connectivity index (χ0) is 17.4. The highest BCUT2D eigenvalue weighted by atomic mass is 19.1. The molecule has 0 bridgehead atoms. The Labute approximate surface area is 143 Å². The summed E-state index contributed by atoms with van der Waals surface area (Å²) < 4.78 is 14.6. The largest absolute Gasteiger partial charge is 0.366 e. The van der Waals surface area contributed by atoms with Crippen LogP contribution in [0.2, 0.25) is 0 Å². The van der Waals surface area contributed by atoms with Crippen molar-refractivity contribution in [2.45, 2.75) is 6.92 Å². The van der Waals surface area contributed by atoms with E-state index < -0.39 is 5.82 Å². The molecule has 0 saturated heterocycles. The molecule has 2 N–H and O–H groups in total. The van der Waals surface area contributed by atoms with E-state index in [4.69, 9.17) is 5.73 Å². The van der Waals surface area contributed by atoms with E-state index in [1.165, 1.54) is 6.07 Å². The Morgan fingerprint density at radius 2 is 1.72 bits per heavy atom. The molecule has 0 radical (unpaired) electrons. The highest BCUT2D eigenvalue weighted by Crippen LogP contribution is 2.32. The fourth-order valence-electron chi connectivity index (χ4n) is 2.81. The summed E-state index contributed by atoms with van der Waals surface area (Å²) in [5, 5.41) is 8.76. The highest BCUT2D eigenvalue weighted by Gasteiger charge is 2.16. The van der Waals surface area contributed by atoms with Gasteiger partial charge in [-0.05, 0) is 30.7 Å². The third kappa shape index (κ3) is 2.67. The second-order valence-electron chi connectivity index (χ2n) is 5.72. The Morgan fingerprint density at radius 3 is 2.52 bits per heavy atom. The van der Waals surface area contributed by atoms with Gasteiger partial charge >= 0.3 is 0 Å². The summed E-state index contributed by atoms with van der Waals surface area (Å²) in [6.07, 6.45) is 1.60. The summed E-state index contributed by atoms with van der Waals surface area (Å²) in [5.41, 5.74) is 9.45. The number of hydrogen-bond acceptors (Lipinski definition) is 5. The molecule has 0 spiro atoms. The van der Waals surface area contributed by atoms with E-state index in [0.29, 0.717) is 22.5 Å². The van der Waals surface area contributed by atoms with Crippen molar-refractivity contribution in [1.82, 2.24) is 20.2 Å². The second kappa shape index (κ2) is 5.90. The van der Waals surface area contributed by atoms with Crippen LogP contribution in [0.1, 0.15) is 5.56 Å². The molecule has 0 atom stereocenters. The van der Waals surface area contributed by atoms with Gasteiger partial charge in [0.05, 0.1) is 0 Å². The number of fused-ring (bicyclic) bond motifs is 1. The zero-order valence-electron chi connectivity index (χ0n) is 13.4. The minimum absolute atomic E-state index is 0.0710. The van der Waals surface area contributed by atoms with Gasteiger partial charge in [0.25, 0.3) is 0 Å². The number of nitrogens with two attached hydrogens (primary N) is 1. The van der Waals surface area contributed by atoms with Crippen molar-refractivity contribution < 1.29 is 4.39 Å². The van der Waals surface area contributed by atoms with Gasteiger partial charge in [-0.25, -0.2) is 9.37 Å². The van der Waals surface area contributed by atoms with Crippen molar-refractivity contribution in [3.05, 3.63) is 66.1 Å². The van der Waals surface area contributed by atoms with Crippen molar-refractivity contribution in [2.24, 2.45) is 0 Å². The molecule has 0 unspecified atom stereocenters. The van der Waals surface area contributed by atoms with Gasteiger partial charge in [0.2, 0.25) is 5.95 Å². The average Bonchev–Trinajstić information content (AvgIpc) is 2.63. The van der Waals surface area contributed by atoms with Crippen LogP contribution in [0.5, 0.6) is 0 Å². The molecule has 25 heavy (non-hydrogen) atoms. The van der Waals surface area contributed by atoms with Crippen LogP contribution in [0.25, 0.3) is 33.4 Å². The van der Waals surface area contributed by atoms with E-state index in [2.05, 4.69) is 20.2 Å². The molecular weight excluding hydrogens is 317 g/mol. The number of anilines is 1. The molecule has 0 aliphatic rings. The predicted molar refractivity (Wildman–Crippen MR) is 95.1 cm³/mol. The molecule has 0 amide bonds. The van der Waals surface area contributed by atoms with E-state index in [1.54, 1.807) is 6.20 Å². The summed E-state index contributed by atoms with van der Waals surface area (Å²) >= 11 is 0. The molecule has 0 saturated carbocycles. The fourth-order valence-corrected chi connectivity index (χ4v) is 2.81. The van der Waals surface area contributed by atoms with Gasteiger partial charge in [0, 0.05) is 22.7 Å². The van der Waals surface area contributed by atoms with E-state index in [1.807, 2.05) is 49.4 Å². The van der Waals surface area contributed by atoms with Crippen molar-refractivity contribution in [3.8, 4) is 22.5 Å². The van der Waals surface area contributed by atoms with Gasteiger partial charge < -0.3 is 5.73 Å². The first-order valence-electron chi connectivity index (χ1n) is 7.74. The monoisotopic (exact) mass is 331 g/mol. The van der Waals surface area contributed by atoms with Crippen molar-refractivity contribution in [1.29, 1.82) is 0 Å². The molecule has 6 heteroatoms. The summed E-state index contributed by atoms with van der Waals surface area (Å²) in [6, 6.07) is 14.6. The topological polar surface area (TPSA) is 77.6 Å². The number of aryl methyl sites for hydroxylation is 1. The first-order chi connectivity index (χ1) is 12.1. The summed E-state index contributed by atoms with van der Waals surface area (Å²) in [7, 11) is 0. The lowest BCUT2D eigenvalue weighted by Crippen LogP contribution is -2.02. The molecule has 5 nitrogen and oxygen atoms in total. The standard InChI is InChI=1S/C19H14FN5/c1-11-7-8-22-18-14(11)9-13(10-15(18)20)17-16(23-19(21)25-24-17)12-5-3-2-4-6-12/h2-10H,1H3,(H2,21,23,25). The third-order valence-corrected chi connectivity index (χ3v) is 4.04. The van der Waals surface area contributed by atoms with Gasteiger partial charge in [-0.1, -0.05) is 30.3 Å². The molecular formula is C19H14FN5. The first-order valence-corrected chi connectivity index (χ1v) is 7.74. The minimum atomic E-state index is -0.408. The maximum atomic E-state index is 14.6. The fraction of sp³-hybridized carbons (Fsp3) is 0.0526. The molecule has 122 valence electrons. The lowest BCUT2D eigenvalue weighted by atomic mass is 10.0. The highest BCUT2D eigenvalue weighted by molar-refractivity contribution is 5.89. The van der Waals surface area contributed by atoms with Gasteiger partial charge in [-0.3, -0.25) is 4.98 Å². The normalized spacial score (nSPS) is 11.0. The molecule has 0 aliphatic heterocycles. The number of halogens is 1. The molecule has 4 rings (SSSR count). The van der Waals surface area contributed by atoms with Gasteiger partial charge in [-0.2, -0.15) is 0 Å². The number of nitrogens with zero attached hydrogens (tertiary/aromatic N) is 4. The van der Waals surface area contributed by atoms with Crippen molar-refractivity contribution in [2.75, 3.05) is 5.73 Å². The van der Waals surface area contributed by atoms with Crippen LogP contribution < -0.4 is 5.73 Å². The zero-order valence-corrected chi connectivity index (χ0v) is 13.4. The lowest BCUT2D eigenvalue weighted by Gasteiger charge is -2.10.